The van der Waals surface area contributed by atoms with Gasteiger partial charge in [-0.1, -0.05) is 12.1 Å². The van der Waals surface area contributed by atoms with Crippen LogP contribution in [0.2, 0.25) is 0 Å². The molecule has 1 saturated heterocycles. The fourth-order valence-corrected chi connectivity index (χ4v) is 3.53. The van der Waals surface area contributed by atoms with Crippen LogP contribution in [0.25, 0.3) is 0 Å². The van der Waals surface area contributed by atoms with E-state index >= 15 is 0 Å². The average Bonchev–Trinajstić information content (AvgIpc) is 2.42. The molecule has 0 amide bonds. The van der Waals surface area contributed by atoms with E-state index in [9.17, 15) is 0 Å². The Morgan fingerprint density at radius 3 is 2.72 bits per heavy atom. The first-order chi connectivity index (χ1) is 8.76. The van der Waals surface area contributed by atoms with Gasteiger partial charge in [0.15, 0.2) is 0 Å². The molecule has 2 atom stereocenters. The number of hydrogen-bond donors (Lipinski definition) is 1. The Kier molecular flexibility index (Phi) is 4.92. The molecule has 2 N–H and O–H groups in total. The molecular formula is C14H22N2OS. The molecule has 4 heteroatoms. The summed E-state index contributed by atoms with van der Waals surface area (Å²) < 4.78 is 5.20. The maximum absolute atomic E-state index is 5.99. The van der Waals surface area contributed by atoms with E-state index in [2.05, 4.69) is 24.0 Å². The number of thioether (sulfide) groups is 1. The van der Waals surface area contributed by atoms with Gasteiger partial charge in [0.05, 0.1) is 7.11 Å². The van der Waals surface area contributed by atoms with E-state index in [0.717, 1.165) is 12.3 Å². The first kappa shape index (κ1) is 13.7. The van der Waals surface area contributed by atoms with Crippen molar-refractivity contribution in [2.24, 2.45) is 5.73 Å². The molecular weight excluding hydrogens is 244 g/mol. The van der Waals surface area contributed by atoms with Crippen LogP contribution in [-0.2, 0) is 0 Å². The fraction of sp³-hybridized carbons (Fsp3) is 0.571. The van der Waals surface area contributed by atoms with Crippen molar-refractivity contribution in [1.82, 2.24) is 4.90 Å². The van der Waals surface area contributed by atoms with Crippen molar-refractivity contribution in [2.45, 2.75) is 19.0 Å². The lowest BCUT2D eigenvalue weighted by Gasteiger charge is -2.39. The third-order valence-electron chi connectivity index (χ3n) is 3.54. The zero-order valence-corrected chi connectivity index (χ0v) is 12.0. The Bertz CT molecular complexity index is 369. The van der Waals surface area contributed by atoms with Gasteiger partial charge in [-0.2, -0.15) is 11.8 Å². The zero-order chi connectivity index (χ0) is 13.0. The summed E-state index contributed by atoms with van der Waals surface area (Å²) >= 11 is 2.03. The number of hydrogen-bond acceptors (Lipinski definition) is 4. The van der Waals surface area contributed by atoms with Crippen molar-refractivity contribution in [1.29, 1.82) is 0 Å². The molecule has 0 bridgehead atoms. The van der Waals surface area contributed by atoms with Gasteiger partial charge in [-0.3, -0.25) is 4.90 Å². The Morgan fingerprint density at radius 2 is 2.17 bits per heavy atom. The van der Waals surface area contributed by atoms with Gasteiger partial charge in [0.2, 0.25) is 0 Å². The van der Waals surface area contributed by atoms with Crippen LogP contribution >= 0.6 is 11.8 Å². The summed E-state index contributed by atoms with van der Waals surface area (Å²) in [6.45, 7) is 4.08. The van der Waals surface area contributed by atoms with Gasteiger partial charge in [-0.15, -0.1) is 0 Å². The van der Waals surface area contributed by atoms with Crippen LogP contribution < -0.4 is 10.5 Å². The molecule has 0 aliphatic carbocycles. The van der Waals surface area contributed by atoms with E-state index in [1.807, 2.05) is 23.9 Å². The van der Waals surface area contributed by atoms with Gasteiger partial charge >= 0.3 is 0 Å². The molecule has 18 heavy (non-hydrogen) atoms. The lowest BCUT2D eigenvalue weighted by atomic mass is 10.0. The summed E-state index contributed by atoms with van der Waals surface area (Å²) in [5, 5.41) is 0. The smallest absolute Gasteiger partial charge is 0.118 e. The number of rotatable bonds is 4. The minimum absolute atomic E-state index is 0.326. The standard InChI is InChI=1S/C14H22N2OS/c1-11-10-18-8-7-16(11)14(9-15)12-3-5-13(17-2)6-4-12/h3-6,11,14H,7-10,15H2,1-2H3. The largest absolute Gasteiger partial charge is 0.497 e. The molecule has 0 spiro atoms. The fourth-order valence-electron chi connectivity index (χ4n) is 2.49. The second-order valence-corrected chi connectivity index (χ2v) is 5.84. The number of methoxy groups -OCH3 is 1. The topological polar surface area (TPSA) is 38.5 Å². The predicted octanol–water partition coefficient (Wildman–Crippen LogP) is 2.13. The minimum Gasteiger partial charge on any atom is -0.497 e. The van der Waals surface area contributed by atoms with Crippen LogP contribution in [0.1, 0.15) is 18.5 Å². The van der Waals surface area contributed by atoms with Crippen LogP contribution in [0.3, 0.4) is 0 Å². The summed E-state index contributed by atoms with van der Waals surface area (Å²) in [7, 11) is 1.69. The van der Waals surface area contributed by atoms with Crippen molar-refractivity contribution in [3.63, 3.8) is 0 Å². The second-order valence-electron chi connectivity index (χ2n) is 4.69. The van der Waals surface area contributed by atoms with Gasteiger partial charge < -0.3 is 10.5 Å². The third kappa shape index (κ3) is 2.99. The van der Waals surface area contributed by atoms with Gasteiger partial charge in [0, 0.05) is 36.7 Å². The molecule has 1 heterocycles. The SMILES string of the molecule is COc1ccc(C(CN)N2CCSCC2C)cc1. The van der Waals surface area contributed by atoms with E-state index < -0.39 is 0 Å². The van der Waals surface area contributed by atoms with Crippen molar-refractivity contribution in [3.05, 3.63) is 29.8 Å². The first-order valence-electron chi connectivity index (χ1n) is 6.43. The van der Waals surface area contributed by atoms with E-state index in [4.69, 9.17) is 10.5 Å². The lowest BCUT2D eigenvalue weighted by molar-refractivity contribution is 0.166. The first-order valence-corrected chi connectivity index (χ1v) is 7.59. The van der Waals surface area contributed by atoms with E-state index in [1.165, 1.54) is 17.1 Å². The molecule has 0 aromatic heterocycles. The normalized spacial score (nSPS) is 22.7. The molecule has 0 saturated carbocycles. The molecule has 1 aromatic carbocycles. The lowest BCUT2D eigenvalue weighted by Crippen LogP contribution is -2.45. The van der Waals surface area contributed by atoms with Crippen molar-refractivity contribution < 1.29 is 4.74 Å². The van der Waals surface area contributed by atoms with E-state index in [1.54, 1.807) is 7.11 Å². The molecule has 3 nitrogen and oxygen atoms in total. The van der Waals surface area contributed by atoms with Crippen LogP contribution in [0.15, 0.2) is 24.3 Å². The number of ether oxygens (including phenoxy) is 1. The van der Waals surface area contributed by atoms with Gasteiger partial charge in [0.1, 0.15) is 5.75 Å². The molecule has 1 fully saturated rings. The second kappa shape index (κ2) is 6.45. The monoisotopic (exact) mass is 266 g/mol. The van der Waals surface area contributed by atoms with Crippen molar-refractivity contribution in [3.8, 4) is 5.75 Å². The molecule has 2 unspecified atom stereocenters. The summed E-state index contributed by atoms with van der Waals surface area (Å²) in [6.07, 6.45) is 0. The molecule has 1 aromatic rings. The highest BCUT2D eigenvalue weighted by molar-refractivity contribution is 7.99. The van der Waals surface area contributed by atoms with Crippen LogP contribution in [0, 0.1) is 0 Å². The molecule has 100 valence electrons. The van der Waals surface area contributed by atoms with Crippen molar-refractivity contribution in [2.75, 3.05) is 31.7 Å². The predicted molar refractivity (Wildman–Crippen MR) is 78.3 cm³/mol. The van der Waals surface area contributed by atoms with E-state index in [-0.39, 0.29) is 0 Å². The van der Waals surface area contributed by atoms with Gasteiger partial charge in [-0.25, -0.2) is 0 Å². The maximum Gasteiger partial charge on any atom is 0.118 e. The molecule has 1 aliphatic heterocycles. The summed E-state index contributed by atoms with van der Waals surface area (Å²) in [5.74, 6) is 3.31. The summed E-state index contributed by atoms with van der Waals surface area (Å²) in [4.78, 5) is 2.53. The number of benzene rings is 1. The third-order valence-corrected chi connectivity index (χ3v) is 4.73. The number of nitrogens with two attached hydrogens (primary N) is 1. The Labute approximate surface area is 114 Å². The highest BCUT2D eigenvalue weighted by Crippen LogP contribution is 2.28. The van der Waals surface area contributed by atoms with Crippen LogP contribution in [-0.4, -0.2) is 42.6 Å². The van der Waals surface area contributed by atoms with Gasteiger partial charge in [-0.05, 0) is 24.6 Å². The highest BCUT2D eigenvalue weighted by atomic mass is 32.2. The molecule has 1 aliphatic rings. The maximum atomic E-state index is 5.99. The Balaban J connectivity index is 2.15. The zero-order valence-electron chi connectivity index (χ0n) is 11.1. The summed E-state index contributed by atoms with van der Waals surface area (Å²) in [6, 6.07) is 9.21. The summed E-state index contributed by atoms with van der Waals surface area (Å²) in [5.41, 5.74) is 7.28. The Hall–Kier alpha value is -0.710. The minimum atomic E-state index is 0.326. The average molecular weight is 266 g/mol. The quantitative estimate of drug-likeness (QED) is 0.906. The molecule has 2 rings (SSSR count). The van der Waals surface area contributed by atoms with Gasteiger partial charge in [0.25, 0.3) is 0 Å². The van der Waals surface area contributed by atoms with Crippen molar-refractivity contribution >= 4 is 11.8 Å². The highest BCUT2D eigenvalue weighted by Gasteiger charge is 2.26. The van der Waals surface area contributed by atoms with Crippen LogP contribution in [0.4, 0.5) is 0 Å². The van der Waals surface area contributed by atoms with Crippen LogP contribution in [0.5, 0.6) is 5.75 Å². The number of nitrogens with zero attached hydrogens (tertiary/aromatic N) is 1. The Morgan fingerprint density at radius 1 is 1.44 bits per heavy atom. The molecule has 0 radical (unpaired) electrons. The van der Waals surface area contributed by atoms with E-state index in [0.29, 0.717) is 18.6 Å².